The summed E-state index contributed by atoms with van der Waals surface area (Å²) in [4.78, 5) is 39.6. The monoisotopic (exact) mass is 423 g/mol. The molecule has 0 spiro atoms. The Morgan fingerprint density at radius 3 is 2.58 bits per heavy atom. The van der Waals surface area contributed by atoms with Crippen LogP contribution in [0.1, 0.15) is 18.4 Å². The molecule has 31 heavy (non-hydrogen) atoms. The first-order valence-corrected chi connectivity index (χ1v) is 10.1. The van der Waals surface area contributed by atoms with Gasteiger partial charge in [-0.15, -0.1) is 0 Å². The Morgan fingerprint density at radius 2 is 1.94 bits per heavy atom. The molecule has 0 fully saturated rings. The Morgan fingerprint density at radius 1 is 1.19 bits per heavy atom. The van der Waals surface area contributed by atoms with Gasteiger partial charge < -0.3 is 15.1 Å². The van der Waals surface area contributed by atoms with Gasteiger partial charge in [0, 0.05) is 26.2 Å². The largest absolute Gasteiger partial charge is 0.357 e. The average Bonchev–Trinajstić information content (AvgIpc) is 2.74. The van der Waals surface area contributed by atoms with Crippen LogP contribution >= 0.6 is 0 Å². The van der Waals surface area contributed by atoms with E-state index in [1.165, 1.54) is 17.0 Å². The van der Waals surface area contributed by atoms with Crippen molar-refractivity contribution in [2.75, 3.05) is 32.5 Å². The van der Waals surface area contributed by atoms with E-state index in [1.807, 2.05) is 31.2 Å². The number of rotatable bonds is 6. The number of carbonyl (C=O) groups excluding carboxylic acids is 3. The van der Waals surface area contributed by atoms with Crippen LogP contribution in [-0.4, -0.2) is 55.1 Å². The van der Waals surface area contributed by atoms with E-state index in [9.17, 15) is 18.8 Å². The van der Waals surface area contributed by atoms with Gasteiger partial charge in [-0.1, -0.05) is 30.3 Å². The summed E-state index contributed by atoms with van der Waals surface area (Å²) in [6, 6.07) is 12.4. The topological polar surface area (TPSA) is 69.7 Å². The number of anilines is 1. The molecule has 0 aliphatic carbocycles. The van der Waals surface area contributed by atoms with E-state index in [0.29, 0.717) is 31.2 Å². The third-order valence-electron chi connectivity index (χ3n) is 5.28. The fourth-order valence-corrected chi connectivity index (χ4v) is 3.69. The zero-order valence-corrected chi connectivity index (χ0v) is 17.9. The summed E-state index contributed by atoms with van der Waals surface area (Å²) < 4.78 is 14.7. The number of benzene rings is 2. The highest BCUT2D eigenvalue weighted by atomic mass is 19.1. The first kappa shape index (κ1) is 22.2. The van der Waals surface area contributed by atoms with Crippen LogP contribution in [0.2, 0.25) is 0 Å². The van der Waals surface area contributed by atoms with Gasteiger partial charge in [-0.3, -0.25) is 14.4 Å². The number of nitrogens with zero attached hydrogens (tertiary/aromatic N) is 2. The van der Waals surface area contributed by atoms with Crippen molar-refractivity contribution < 1.29 is 18.8 Å². The summed E-state index contributed by atoms with van der Waals surface area (Å²) in [5.41, 5.74) is 3.36. The van der Waals surface area contributed by atoms with E-state index < -0.39 is 11.7 Å². The van der Waals surface area contributed by atoms with E-state index in [2.05, 4.69) is 5.32 Å². The smallest absolute Gasteiger partial charge is 0.270 e. The van der Waals surface area contributed by atoms with Gasteiger partial charge >= 0.3 is 0 Å². The van der Waals surface area contributed by atoms with Gasteiger partial charge in [0.15, 0.2) is 0 Å². The molecule has 0 atom stereocenters. The second-order valence-electron chi connectivity index (χ2n) is 7.77. The predicted octanol–water partition coefficient (Wildman–Crippen LogP) is 3.38. The van der Waals surface area contributed by atoms with Crippen LogP contribution in [0.3, 0.4) is 0 Å². The molecule has 1 N–H and O–H groups in total. The first-order valence-electron chi connectivity index (χ1n) is 10.1. The molecule has 2 aromatic carbocycles. The third kappa shape index (κ3) is 4.99. The quantitative estimate of drug-likeness (QED) is 0.724. The van der Waals surface area contributed by atoms with Crippen molar-refractivity contribution in [1.82, 2.24) is 9.80 Å². The number of hydrogen-bond acceptors (Lipinski definition) is 4. The zero-order valence-electron chi connectivity index (χ0n) is 17.9. The standard InChI is InChI=1S/C24H26FN3O3/c1-16-7-4-5-9-19(16)17-10-11-21(20(25)13-17)26-22(30)14-28-12-6-8-18(15-29)23(28)24(31)27(2)3/h4-5,7,9-11,13,15H,6,8,12,14H2,1-3H3,(H,26,30). The lowest BCUT2D eigenvalue weighted by atomic mass is 10.0. The van der Waals surface area contributed by atoms with Crippen molar-refractivity contribution in [2.45, 2.75) is 19.8 Å². The molecule has 0 unspecified atom stereocenters. The first-order chi connectivity index (χ1) is 14.8. The summed E-state index contributed by atoms with van der Waals surface area (Å²) in [5.74, 6) is -1.33. The Hall–Kier alpha value is -3.48. The van der Waals surface area contributed by atoms with Crippen molar-refractivity contribution in [3.63, 3.8) is 0 Å². The van der Waals surface area contributed by atoms with Gasteiger partial charge in [0.05, 0.1) is 12.2 Å². The van der Waals surface area contributed by atoms with Gasteiger partial charge in [0.25, 0.3) is 5.91 Å². The molecule has 1 aliphatic rings. The van der Waals surface area contributed by atoms with Crippen LogP contribution in [0.25, 0.3) is 11.1 Å². The van der Waals surface area contributed by atoms with Gasteiger partial charge in [-0.05, 0) is 48.6 Å². The molecule has 2 amide bonds. The Balaban J connectivity index is 1.76. The molecule has 1 aliphatic heterocycles. The Kier molecular flexibility index (Phi) is 6.84. The van der Waals surface area contributed by atoms with Gasteiger partial charge in [0.1, 0.15) is 17.8 Å². The number of nitrogens with one attached hydrogen (secondary N) is 1. The van der Waals surface area contributed by atoms with Crippen molar-refractivity contribution in [3.05, 3.63) is 65.1 Å². The molecule has 0 bridgehead atoms. The normalized spacial score (nSPS) is 13.7. The van der Waals surface area contributed by atoms with E-state index in [4.69, 9.17) is 0 Å². The van der Waals surface area contributed by atoms with Gasteiger partial charge in [-0.2, -0.15) is 0 Å². The maximum absolute atomic E-state index is 14.7. The van der Waals surface area contributed by atoms with Crippen molar-refractivity contribution in [1.29, 1.82) is 0 Å². The molecule has 162 valence electrons. The number of allylic oxidation sites excluding steroid dienone is 1. The number of hydrogen-bond donors (Lipinski definition) is 1. The molecular formula is C24H26FN3O3. The van der Waals surface area contributed by atoms with Gasteiger partial charge in [-0.25, -0.2) is 4.39 Å². The minimum atomic E-state index is -0.540. The lowest BCUT2D eigenvalue weighted by Gasteiger charge is -2.32. The fraction of sp³-hybridized carbons (Fsp3) is 0.292. The second kappa shape index (κ2) is 9.55. The molecule has 0 saturated heterocycles. The Labute approximate surface area is 181 Å². The van der Waals surface area contributed by atoms with Crippen LogP contribution in [0.4, 0.5) is 10.1 Å². The summed E-state index contributed by atoms with van der Waals surface area (Å²) in [6.45, 7) is 2.27. The summed E-state index contributed by atoms with van der Waals surface area (Å²) >= 11 is 0. The van der Waals surface area contributed by atoms with Crippen LogP contribution in [0, 0.1) is 12.7 Å². The predicted molar refractivity (Wildman–Crippen MR) is 118 cm³/mol. The van der Waals surface area contributed by atoms with E-state index >= 15 is 0 Å². The lowest BCUT2D eigenvalue weighted by Crippen LogP contribution is -2.42. The highest BCUT2D eigenvalue weighted by Gasteiger charge is 2.28. The molecular weight excluding hydrogens is 397 g/mol. The average molecular weight is 423 g/mol. The number of aryl methyl sites for hydroxylation is 1. The van der Waals surface area contributed by atoms with Crippen LogP contribution in [-0.2, 0) is 14.4 Å². The number of amides is 2. The molecule has 1 heterocycles. The van der Waals surface area contributed by atoms with Crippen LogP contribution in [0.15, 0.2) is 53.7 Å². The lowest BCUT2D eigenvalue weighted by molar-refractivity contribution is -0.127. The summed E-state index contributed by atoms with van der Waals surface area (Å²) in [5, 5.41) is 2.58. The van der Waals surface area contributed by atoms with E-state index in [1.54, 1.807) is 25.1 Å². The molecule has 6 nitrogen and oxygen atoms in total. The molecule has 0 aromatic heterocycles. The van der Waals surface area contributed by atoms with Crippen molar-refractivity contribution >= 4 is 23.8 Å². The molecule has 0 radical (unpaired) electrons. The maximum atomic E-state index is 14.7. The molecule has 7 heteroatoms. The van der Waals surface area contributed by atoms with Gasteiger partial charge in [0.2, 0.25) is 5.91 Å². The fourth-order valence-electron chi connectivity index (χ4n) is 3.69. The van der Waals surface area contributed by atoms with E-state index in [0.717, 1.165) is 16.7 Å². The van der Waals surface area contributed by atoms with Crippen molar-refractivity contribution in [2.24, 2.45) is 0 Å². The number of halogens is 1. The molecule has 0 saturated carbocycles. The number of carbonyl (C=O) groups is 3. The summed E-state index contributed by atoms with van der Waals surface area (Å²) in [6.07, 6.45) is 1.82. The van der Waals surface area contributed by atoms with Crippen molar-refractivity contribution in [3.8, 4) is 11.1 Å². The molecule has 2 aromatic rings. The van der Waals surface area contributed by atoms with Crippen LogP contribution in [0.5, 0.6) is 0 Å². The third-order valence-corrected chi connectivity index (χ3v) is 5.28. The van der Waals surface area contributed by atoms with E-state index in [-0.39, 0.29) is 23.8 Å². The SMILES string of the molecule is Cc1ccccc1-c1ccc(NC(=O)CN2CCCC(C=O)=C2C(=O)N(C)C)c(F)c1. The summed E-state index contributed by atoms with van der Waals surface area (Å²) in [7, 11) is 3.19. The minimum Gasteiger partial charge on any atom is -0.357 e. The minimum absolute atomic E-state index is 0.0689. The zero-order chi connectivity index (χ0) is 22.5. The Bertz CT molecular complexity index is 1050. The second-order valence-corrected chi connectivity index (χ2v) is 7.77. The highest BCUT2D eigenvalue weighted by Crippen LogP contribution is 2.27. The maximum Gasteiger partial charge on any atom is 0.270 e. The number of likely N-dealkylation sites (N-methyl/N-ethyl adjacent to an activating group) is 1. The van der Waals surface area contributed by atoms with Crippen LogP contribution < -0.4 is 5.32 Å². The number of aldehydes is 1. The highest BCUT2D eigenvalue weighted by molar-refractivity contribution is 6.00. The molecule has 3 rings (SSSR count).